The quantitative estimate of drug-likeness (QED) is 0.604. The van der Waals surface area contributed by atoms with Crippen LogP contribution in [-0.2, 0) is 6.54 Å². The smallest absolute Gasteiger partial charge is 0.205 e. The normalized spacial score (nSPS) is 10.2. The topological polar surface area (TPSA) is 89.2 Å². The second-order valence-electron chi connectivity index (χ2n) is 4.09. The van der Waals surface area contributed by atoms with Crippen molar-refractivity contribution in [3.8, 4) is 5.75 Å². The third kappa shape index (κ3) is 2.94. The molecule has 0 aromatic carbocycles. The highest BCUT2D eigenvalue weighted by Crippen LogP contribution is 2.31. The molecule has 0 aliphatic rings. The van der Waals surface area contributed by atoms with E-state index in [9.17, 15) is 0 Å². The SMILES string of the molecule is CCN(Cc1ccncc1)c1ncnc(NN)c1OC. The molecule has 0 bridgehead atoms. The summed E-state index contributed by atoms with van der Waals surface area (Å²) in [4.78, 5) is 14.4. The highest BCUT2D eigenvalue weighted by atomic mass is 16.5. The van der Waals surface area contributed by atoms with Crippen molar-refractivity contribution in [1.82, 2.24) is 15.0 Å². The van der Waals surface area contributed by atoms with Crippen molar-refractivity contribution >= 4 is 11.6 Å². The molecule has 0 atom stereocenters. The van der Waals surface area contributed by atoms with Crippen LogP contribution < -0.4 is 20.9 Å². The highest BCUT2D eigenvalue weighted by molar-refractivity contribution is 5.64. The summed E-state index contributed by atoms with van der Waals surface area (Å²) in [5.74, 6) is 7.14. The molecule has 2 aromatic rings. The zero-order valence-corrected chi connectivity index (χ0v) is 11.6. The van der Waals surface area contributed by atoms with Gasteiger partial charge in [0.15, 0.2) is 11.6 Å². The number of nitrogens with two attached hydrogens (primary N) is 1. The Morgan fingerprint density at radius 3 is 2.65 bits per heavy atom. The van der Waals surface area contributed by atoms with Gasteiger partial charge in [0.2, 0.25) is 5.75 Å². The van der Waals surface area contributed by atoms with E-state index in [-0.39, 0.29) is 0 Å². The van der Waals surface area contributed by atoms with Gasteiger partial charge in [0.05, 0.1) is 7.11 Å². The minimum atomic E-state index is 0.464. The van der Waals surface area contributed by atoms with Crippen molar-refractivity contribution in [1.29, 1.82) is 0 Å². The van der Waals surface area contributed by atoms with Crippen LogP contribution in [-0.4, -0.2) is 28.6 Å². The second kappa shape index (κ2) is 6.67. The standard InChI is InChI=1S/C13H18N6O/c1-3-19(8-10-4-6-15-7-5-10)13-11(20-2)12(18-14)16-9-17-13/h4-7,9H,3,8,14H2,1-2H3,(H,16,17,18). The van der Waals surface area contributed by atoms with Gasteiger partial charge in [-0.1, -0.05) is 0 Å². The maximum atomic E-state index is 5.44. The van der Waals surface area contributed by atoms with Crippen LogP contribution in [0.3, 0.4) is 0 Å². The summed E-state index contributed by atoms with van der Waals surface area (Å²) in [6, 6.07) is 3.94. The molecule has 106 valence electrons. The molecule has 2 rings (SSSR count). The van der Waals surface area contributed by atoms with Crippen molar-refractivity contribution < 1.29 is 4.74 Å². The van der Waals surface area contributed by atoms with Gasteiger partial charge < -0.3 is 15.1 Å². The van der Waals surface area contributed by atoms with E-state index in [2.05, 4.69) is 32.2 Å². The molecule has 7 heteroatoms. The average Bonchev–Trinajstić information content (AvgIpc) is 2.52. The van der Waals surface area contributed by atoms with Crippen molar-refractivity contribution in [2.45, 2.75) is 13.5 Å². The Kier molecular flexibility index (Phi) is 4.67. The van der Waals surface area contributed by atoms with Gasteiger partial charge in [-0.25, -0.2) is 15.8 Å². The molecule has 0 fully saturated rings. The first-order valence-corrected chi connectivity index (χ1v) is 6.29. The van der Waals surface area contributed by atoms with Crippen LogP contribution >= 0.6 is 0 Å². The predicted octanol–water partition coefficient (Wildman–Crippen LogP) is 1.19. The molecular formula is C13H18N6O. The molecule has 20 heavy (non-hydrogen) atoms. The lowest BCUT2D eigenvalue weighted by atomic mass is 10.2. The molecule has 0 aliphatic carbocycles. The van der Waals surface area contributed by atoms with Gasteiger partial charge >= 0.3 is 0 Å². The van der Waals surface area contributed by atoms with Crippen molar-refractivity contribution in [3.63, 3.8) is 0 Å². The molecular weight excluding hydrogens is 256 g/mol. The zero-order valence-electron chi connectivity index (χ0n) is 11.6. The molecule has 0 unspecified atom stereocenters. The molecule has 0 radical (unpaired) electrons. The first-order chi connectivity index (χ1) is 9.80. The highest BCUT2D eigenvalue weighted by Gasteiger charge is 2.17. The van der Waals surface area contributed by atoms with Gasteiger partial charge in [-0.15, -0.1) is 0 Å². The molecule has 3 N–H and O–H groups in total. The largest absolute Gasteiger partial charge is 0.490 e. The van der Waals surface area contributed by atoms with Gasteiger partial charge in [0, 0.05) is 25.5 Å². The van der Waals surface area contributed by atoms with Crippen LogP contribution in [0.2, 0.25) is 0 Å². The number of pyridine rings is 1. The lowest BCUT2D eigenvalue weighted by Gasteiger charge is -2.24. The Bertz CT molecular complexity index is 548. The monoisotopic (exact) mass is 274 g/mol. The van der Waals surface area contributed by atoms with E-state index in [0.29, 0.717) is 23.9 Å². The lowest BCUT2D eigenvalue weighted by Crippen LogP contribution is -2.24. The number of ether oxygens (including phenoxy) is 1. The number of nitrogens with zero attached hydrogens (tertiary/aromatic N) is 4. The Morgan fingerprint density at radius 1 is 1.30 bits per heavy atom. The maximum Gasteiger partial charge on any atom is 0.205 e. The van der Waals surface area contributed by atoms with Crippen LogP contribution in [0.1, 0.15) is 12.5 Å². The van der Waals surface area contributed by atoms with E-state index in [0.717, 1.165) is 12.1 Å². The summed E-state index contributed by atoms with van der Waals surface area (Å²) in [7, 11) is 1.57. The van der Waals surface area contributed by atoms with E-state index in [1.165, 1.54) is 6.33 Å². The van der Waals surface area contributed by atoms with Crippen molar-refractivity contribution in [2.24, 2.45) is 5.84 Å². The zero-order chi connectivity index (χ0) is 14.4. The van der Waals surface area contributed by atoms with E-state index in [4.69, 9.17) is 10.6 Å². The number of nitrogens with one attached hydrogen (secondary N) is 1. The number of anilines is 2. The summed E-state index contributed by atoms with van der Waals surface area (Å²) < 4.78 is 5.37. The van der Waals surface area contributed by atoms with Crippen LogP contribution in [0, 0.1) is 0 Å². The predicted molar refractivity (Wildman–Crippen MR) is 77.4 cm³/mol. The fourth-order valence-corrected chi connectivity index (χ4v) is 1.93. The van der Waals surface area contributed by atoms with Crippen LogP contribution in [0.15, 0.2) is 30.9 Å². The molecule has 0 aliphatic heterocycles. The first kappa shape index (κ1) is 14.0. The summed E-state index contributed by atoms with van der Waals surface area (Å²) in [6.45, 7) is 3.54. The Morgan fingerprint density at radius 2 is 2.05 bits per heavy atom. The van der Waals surface area contributed by atoms with Crippen LogP contribution in [0.5, 0.6) is 5.75 Å². The average molecular weight is 274 g/mol. The van der Waals surface area contributed by atoms with E-state index >= 15 is 0 Å². The van der Waals surface area contributed by atoms with Crippen molar-refractivity contribution in [2.75, 3.05) is 24.0 Å². The van der Waals surface area contributed by atoms with Gasteiger partial charge in [-0.3, -0.25) is 4.98 Å². The molecule has 2 heterocycles. The van der Waals surface area contributed by atoms with Crippen LogP contribution in [0.25, 0.3) is 0 Å². The summed E-state index contributed by atoms with van der Waals surface area (Å²) in [5.41, 5.74) is 3.66. The fourth-order valence-electron chi connectivity index (χ4n) is 1.93. The number of nitrogen functional groups attached to an aromatic ring is 1. The minimum Gasteiger partial charge on any atom is -0.490 e. The fraction of sp³-hybridized carbons (Fsp3) is 0.308. The second-order valence-corrected chi connectivity index (χ2v) is 4.09. The van der Waals surface area contributed by atoms with Crippen LogP contribution in [0.4, 0.5) is 11.6 Å². The number of hydrogen-bond donors (Lipinski definition) is 2. The Labute approximate surface area is 117 Å². The summed E-state index contributed by atoms with van der Waals surface area (Å²) in [5, 5.41) is 0. The Balaban J connectivity index is 2.32. The first-order valence-electron chi connectivity index (χ1n) is 6.29. The molecule has 0 amide bonds. The number of hydrogen-bond acceptors (Lipinski definition) is 7. The minimum absolute atomic E-state index is 0.464. The number of methoxy groups -OCH3 is 1. The number of hydrazine groups is 1. The number of rotatable bonds is 6. The van der Waals surface area contributed by atoms with E-state index in [1.54, 1.807) is 19.5 Å². The van der Waals surface area contributed by atoms with Gasteiger partial charge in [0.1, 0.15) is 6.33 Å². The lowest BCUT2D eigenvalue weighted by molar-refractivity contribution is 0.412. The molecule has 7 nitrogen and oxygen atoms in total. The molecule has 0 saturated carbocycles. The van der Waals surface area contributed by atoms with E-state index < -0.39 is 0 Å². The number of aromatic nitrogens is 3. The van der Waals surface area contributed by atoms with Gasteiger partial charge in [-0.2, -0.15) is 0 Å². The third-order valence-corrected chi connectivity index (χ3v) is 2.93. The molecule has 2 aromatic heterocycles. The molecule has 0 saturated heterocycles. The maximum absolute atomic E-state index is 5.44. The summed E-state index contributed by atoms with van der Waals surface area (Å²) in [6.07, 6.45) is 5.00. The van der Waals surface area contributed by atoms with E-state index in [1.807, 2.05) is 12.1 Å². The van der Waals surface area contributed by atoms with Gasteiger partial charge in [-0.05, 0) is 24.6 Å². The summed E-state index contributed by atoms with van der Waals surface area (Å²) >= 11 is 0. The third-order valence-electron chi connectivity index (χ3n) is 2.93. The molecule has 0 spiro atoms. The van der Waals surface area contributed by atoms with Gasteiger partial charge in [0.25, 0.3) is 0 Å². The Hall–Kier alpha value is -2.41. The van der Waals surface area contributed by atoms with Crippen molar-refractivity contribution in [3.05, 3.63) is 36.4 Å².